The molecule has 0 unspecified atom stereocenters. The normalized spacial score (nSPS) is 11.4. The molecule has 0 aliphatic rings. The lowest BCUT2D eigenvalue weighted by Crippen LogP contribution is -2.23. The van der Waals surface area contributed by atoms with Crippen molar-refractivity contribution < 1.29 is 0 Å². The largest absolute Gasteiger partial charge is 0.297 e. The second-order valence-corrected chi connectivity index (χ2v) is 6.31. The third kappa shape index (κ3) is 2.65. The van der Waals surface area contributed by atoms with Crippen LogP contribution in [0, 0.1) is 0 Å². The number of rotatable bonds is 3. The van der Waals surface area contributed by atoms with Gasteiger partial charge in [-0.2, -0.15) is 0 Å². The number of nitrogens with one attached hydrogen (secondary N) is 1. The zero-order chi connectivity index (χ0) is 15.0. The summed E-state index contributed by atoms with van der Waals surface area (Å²) in [6.07, 6.45) is 2.32. The summed E-state index contributed by atoms with van der Waals surface area (Å²) in [6, 6.07) is 9.83. The zero-order valence-electron chi connectivity index (χ0n) is 11.9. The van der Waals surface area contributed by atoms with Crippen LogP contribution in [-0.4, -0.2) is 14.6 Å². The molecule has 3 rings (SSSR count). The van der Waals surface area contributed by atoms with Gasteiger partial charge in [-0.05, 0) is 23.6 Å². The summed E-state index contributed by atoms with van der Waals surface area (Å²) in [5.41, 5.74) is 3.37. The van der Waals surface area contributed by atoms with Crippen LogP contribution in [0.25, 0.3) is 5.65 Å². The predicted molar refractivity (Wildman–Crippen MR) is 86.8 cm³/mol. The van der Waals surface area contributed by atoms with Crippen molar-refractivity contribution in [3.05, 3.63) is 68.2 Å². The number of halogens is 1. The SMILES string of the molecule is CC(C)c1nc2cc[nH]n2c(=O)c1Cc1cccc(Br)c1. The molecule has 0 amide bonds. The maximum absolute atomic E-state index is 12.7. The maximum atomic E-state index is 12.7. The molecule has 108 valence electrons. The van der Waals surface area contributed by atoms with Crippen molar-refractivity contribution in [2.75, 3.05) is 0 Å². The average molecular weight is 346 g/mol. The number of hydrogen-bond acceptors (Lipinski definition) is 2. The smallest absolute Gasteiger partial charge is 0.276 e. The van der Waals surface area contributed by atoms with E-state index < -0.39 is 0 Å². The van der Waals surface area contributed by atoms with E-state index in [1.807, 2.05) is 30.3 Å². The van der Waals surface area contributed by atoms with Crippen molar-refractivity contribution in [1.82, 2.24) is 14.6 Å². The van der Waals surface area contributed by atoms with Gasteiger partial charge in [0.2, 0.25) is 0 Å². The molecule has 0 saturated heterocycles. The quantitative estimate of drug-likeness (QED) is 0.789. The first kappa shape index (κ1) is 14.1. The maximum Gasteiger partial charge on any atom is 0.276 e. The highest BCUT2D eigenvalue weighted by atomic mass is 79.9. The van der Waals surface area contributed by atoms with Crippen molar-refractivity contribution in [2.24, 2.45) is 0 Å². The van der Waals surface area contributed by atoms with Crippen molar-refractivity contribution >= 4 is 21.6 Å². The van der Waals surface area contributed by atoms with Gasteiger partial charge >= 0.3 is 0 Å². The summed E-state index contributed by atoms with van der Waals surface area (Å²) in [5, 5.41) is 2.92. The van der Waals surface area contributed by atoms with Gasteiger partial charge in [0.05, 0.1) is 5.69 Å². The molecule has 0 saturated carbocycles. The predicted octanol–water partition coefficient (Wildman–Crippen LogP) is 3.50. The van der Waals surface area contributed by atoms with Gasteiger partial charge in [0.1, 0.15) is 0 Å². The van der Waals surface area contributed by atoms with Crippen LogP contribution in [0.1, 0.15) is 36.6 Å². The molecule has 0 fully saturated rings. The molecule has 5 heteroatoms. The van der Waals surface area contributed by atoms with Crippen LogP contribution in [0.4, 0.5) is 0 Å². The minimum absolute atomic E-state index is 0.0197. The summed E-state index contributed by atoms with van der Waals surface area (Å²) in [4.78, 5) is 17.3. The molecular weight excluding hydrogens is 330 g/mol. The van der Waals surface area contributed by atoms with E-state index in [9.17, 15) is 4.79 Å². The Balaban J connectivity index is 2.18. The summed E-state index contributed by atoms with van der Waals surface area (Å²) in [5.74, 6) is 0.208. The fourth-order valence-electron chi connectivity index (χ4n) is 2.51. The van der Waals surface area contributed by atoms with E-state index in [1.54, 1.807) is 6.20 Å². The summed E-state index contributed by atoms with van der Waals surface area (Å²) in [6.45, 7) is 4.13. The van der Waals surface area contributed by atoms with Crippen LogP contribution in [0.5, 0.6) is 0 Å². The Morgan fingerprint density at radius 3 is 2.86 bits per heavy atom. The van der Waals surface area contributed by atoms with Gasteiger partial charge in [-0.25, -0.2) is 9.50 Å². The van der Waals surface area contributed by atoms with Crippen molar-refractivity contribution in [2.45, 2.75) is 26.2 Å². The molecule has 0 radical (unpaired) electrons. The molecule has 2 aromatic heterocycles. The van der Waals surface area contributed by atoms with Crippen LogP contribution in [0.15, 0.2) is 45.8 Å². The Morgan fingerprint density at radius 1 is 1.33 bits per heavy atom. The molecule has 4 nitrogen and oxygen atoms in total. The number of aromatic nitrogens is 3. The second kappa shape index (κ2) is 5.48. The average Bonchev–Trinajstić information content (AvgIpc) is 2.90. The first-order valence-corrected chi connectivity index (χ1v) is 7.69. The third-order valence-electron chi connectivity index (χ3n) is 3.49. The fourth-order valence-corrected chi connectivity index (χ4v) is 2.95. The van der Waals surface area contributed by atoms with E-state index in [-0.39, 0.29) is 11.5 Å². The van der Waals surface area contributed by atoms with Crippen LogP contribution >= 0.6 is 15.9 Å². The van der Waals surface area contributed by atoms with Crippen LogP contribution in [-0.2, 0) is 6.42 Å². The number of fused-ring (bicyclic) bond motifs is 1. The Hall–Kier alpha value is -1.88. The number of nitrogens with zero attached hydrogens (tertiary/aromatic N) is 2. The molecule has 1 aromatic carbocycles. The lowest BCUT2D eigenvalue weighted by atomic mass is 9.99. The Labute approximate surface area is 131 Å². The van der Waals surface area contributed by atoms with E-state index in [1.165, 1.54) is 4.52 Å². The van der Waals surface area contributed by atoms with Gasteiger partial charge < -0.3 is 0 Å². The third-order valence-corrected chi connectivity index (χ3v) is 3.98. The van der Waals surface area contributed by atoms with E-state index >= 15 is 0 Å². The summed E-state index contributed by atoms with van der Waals surface area (Å²) in [7, 11) is 0. The molecule has 0 aliphatic heterocycles. The minimum atomic E-state index is -0.0197. The monoisotopic (exact) mass is 345 g/mol. The Bertz CT molecular complexity index is 848. The summed E-state index contributed by atoms with van der Waals surface area (Å²) >= 11 is 3.47. The fraction of sp³-hybridized carbons (Fsp3) is 0.250. The van der Waals surface area contributed by atoms with Gasteiger partial charge in [0, 0.05) is 28.7 Å². The molecular formula is C16H16BrN3O. The lowest BCUT2D eigenvalue weighted by molar-refractivity contribution is 0.770. The number of benzene rings is 1. The number of H-pyrrole nitrogens is 1. The topological polar surface area (TPSA) is 50.2 Å². The van der Waals surface area contributed by atoms with E-state index in [0.717, 1.165) is 21.3 Å². The first-order valence-electron chi connectivity index (χ1n) is 6.89. The molecule has 3 aromatic rings. The van der Waals surface area contributed by atoms with E-state index in [4.69, 9.17) is 0 Å². The van der Waals surface area contributed by atoms with Gasteiger partial charge in [-0.3, -0.25) is 9.89 Å². The highest BCUT2D eigenvalue weighted by molar-refractivity contribution is 9.10. The van der Waals surface area contributed by atoms with Crippen molar-refractivity contribution in [3.63, 3.8) is 0 Å². The van der Waals surface area contributed by atoms with E-state index in [2.05, 4.69) is 39.9 Å². The Morgan fingerprint density at radius 2 is 2.14 bits per heavy atom. The van der Waals surface area contributed by atoms with E-state index in [0.29, 0.717) is 12.1 Å². The minimum Gasteiger partial charge on any atom is -0.297 e. The molecule has 2 heterocycles. The standard InChI is InChI=1S/C16H16BrN3O/c1-10(2)15-13(9-11-4-3-5-12(17)8-11)16(21)20-14(19-15)6-7-18-20/h3-8,10,18H,9H2,1-2H3. The Kier molecular flexibility index (Phi) is 3.68. The molecule has 0 atom stereocenters. The van der Waals surface area contributed by atoms with Crippen molar-refractivity contribution in [3.8, 4) is 0 Å². The highest BCUT2D eigenvalue weighted by Crippen LogP contribution is 2.20. The van der Waals surface area contributed by atoms with Crippen LogP contribution in [0.3, 0.4) is 0 Å². The van der Waals surface area contributed by atoms with Crippen LogP contribution < -0.4 is 5.56 Å². The summed E-state index contributed by atoms with van der Waals surface area (Å²) < 4.78 is 2.51. The molecule has 0 spiro atoms. The lowest BCUT2D eigenvalue weighted by Gasteiger charge is -2.12. The molecule has 0 aliphatic carbocycles. The van der Waals surface area contributed by atoms with Gasteiger partial charge in [0.15, 0.2) is 5.65 Å². The van der Waals surface area contributed by atoms with Gasteiger partial charge in [-0.15, -0.1) is 0 Å². The van der Waals surface area contributed by atoms with Gasteiger partial charge in [-0.1, -0.05) is 41.9 Å². The van der Waals surface area contributed by atoms with Gasteiger partial charge in [0.25, 0.3) is 5.56 Å². The number of hydrogen-bond donors (Lipinski definition) is 1. The molecule has 1 N–H and O–H groups in total. The van der Waals surface area contributed by atoms with Crippen molar-refractivity contribution in [1.29, 1.82) is 0 Å². The number of aromatic amines is 1. The molecule has 0 bridgehead atoms. The highest BCUT2D eigenvalue weighted by Gasteiger charge is 2.16. The zero-order valence-corrected chi connectivity index (χ0v) is 13.5. The first-order chi connectivity index (χ1) is 10.1. The van der Waals surface area contributed by atoms with Crippen LogP contribution in [0.2, 0.25) is 0 Å². The molecule has 21 heavy (non-hydrogen) atoms. The second-order valence-electron chi connectivity index (χ2n) is 5.40.